The average molecular weight is 296 g/mol. The van der Waals surface area contributed by atoms with Gasteiger partial charge in [-0.1, -0.05) is 27.2 Å². The van der Waals surface area contributed by atoms with Gasteiger partial charge in [0.15, 0.2) is 0 Å². The molecule has 0 radical (unpaired) electrons. The van der Waals surface area contributed by atoms with Gasteiger partial charge in [-0.2, -0.15) is 0 Å². The summed E-state index contributed by atoms with van der Waals surface area (Å²) in [6.45, 7) is 11.0. The Hall–Kier alpha value is -0.120. The molecule has 0 aromatic heterocycles. The van der Waals surface area contributed by atoms with Gasteiger partial charge in [0.1, 0.15) is 0 Å². The van der Waals surface area contributed by atoms with Crippen molar-refractivity contribution >= 4 is 0 Å². The molecule has 0 spiro atoms. The van der Waals surface area contributed by atoms with Crippen LogP contribution in [0.2, 0.25) is 0 Å². The molecule has 3 nitrogen and oxygen atoms in total. The summed E-state index contributed by atoms with van der Waals surface area (Å²) in [4.78, 5) is 2.63. The summed E-state index contributed by atoms with van der Waals surface area (Å²) in [6.07, 6.45) is 9.96. The zero-order valence-electron chi connectivity index (χ0n) is 14.5. The third-order valence-electron chi connectivity index (χ3n) is 6.11. The Morgan fingerprint density at radius 2 is 1.90 bits per heavy atom. The Balaban J connectivity index is 1.70. The predicted octanol–water partition coefficient (Wildman–Crippen LogP) is 3.17. The number of rotatable bonds is 9. The van der Waals surface area contributed by atoms with E-state index in [1.807, 2.05) is 0 Å². The Labute approximate surface area is 131 Å². The van der Waals surface area contributed by atoms with E-state index in [9.17, 15) is 5.11 Å². The van der Waals surface area contributed by atoms with Crippen LogP contribution in [0.25, 0.3) is 0 Å². The number of hydrogen-bond donors (Lipinski definition) is 2. The van der Waals surface area contributed by atoms with E-state index in [4.69, 9.17) is 0 Å². The fraction of sp³-hybridized carbons (Fsp3) is 1.00. The lowest BCUT2D eigenvalue weighted by Gasteiger charge is -2.39. The van der Waals surface area contributed by atoms with E-state index < -0.39 is 0 Å². The van der Waals surface area contributed by atoms with Crippen LogP contribution >= 0.6 is 0 Å². The molecular weight excluding hydrogens is 260 g/mol. The van der Waals surface area contributed by atoms with Crippen LogP contribution in [0.5, 0.6) is 0 Å². The molecule has 1 saturated heterocycles. The Morgan fingerprint density at radius 1 is 1.24 bits per heavy atom. The van der Waals surface area contributed by atoms with Gasteiger partial charge in [0, 0.05) is 11.6 Å². The minimum Gasteiger partial charge on any atom is -0.394 e. The summed E-state index contributed by atoms with van der Waals surface area (Å²) in [6, 6.07) is 0.678. The normalized spacial score (nSPS) is 25.7. The minimum atomic E-state index is -0.0190. The number of likely N-dealkylation sites (tertiary alicyclic amines) is 1. The highest BCUT2D eigenvalue weighted by molar-refractivity contribution is 4.94. The highest BCUT2D eigenvalue weighted by atomic mass is 16.3. The maximum atomic E-state index is 9.81. The molecule has 1 saturated carbocycles. The third kappa shape index (κ3) is 4.94. The van der Waals surface area contributed by atoms with Gasteiger partial charge < -0.3 is 15.3 Å². The van der Waals surface area contributed by atoms with Gasteiger partial charge in [0.2, 0.25) is 0 Å². The Morgan fingerprint density at radius 3 is 2.38 bits per heavy atom. The Bertz CT molecular complexity index is 302. The first-order chi connectivity index (χ1) is 10.0. The SMILES string of the molecule is CCC1(C)CCN(CCCC(CC)(CO)NC2CC2)CC1. The second-order valence-electron chi connectivity index (χ2n) is 7.82. The maximum absolute atomic E-state index is 9.81. The number of nitrogens with zero attached hydrogens (tertiary/aromatic N) is 1. The zero-order valence-corrected chi connectivity index (χ0v) is 14.5. The van der Waals surface area contributed by atoms with Crippen molar-refractivity contribution in [2.45, 2.75) is 83.7 Å². The van der Waals surface area contributed by atoms with Crippen LogP contribution in [0.3, 0.4) is 0 Å². The van der Waals surface area contributed by atoms with Gasteiger partial charge in [-0.3, -0.25) is 0 Å². The highest BCUT2D eigenvalue weighted by Crippen LogP contribution is 2.34. The van der Waals surface area contributed by atoms with Crippen molar-refractivity contribution in [1.82, 2.24) is 10.2 Å². The van der Waals surface area contributed by atoms with Crippen molar-refractivity contribution in [2.24, 2.45) is 5.41 Å². The molecule has 1 unspecified atom stereocenters. The van der Waals surface area contributed by atoms with Crippen LogP contribution in [-0.4, -0.2) is 47.8 Å². The van der Waals surface area contributed by atoms with E-state index in [-0.39, 0.29) is 12.1 Å². The first kappa shape index (κ1) is 17.2. The van der Waals surface area contributed by atoms with Crippen LogP contribution in [0, 0.1) is 5.41 Å². The fourth-order valence-corrected chi connectivity index (χ4v) is 3.56. The molecule has 21 heavy (non-hydrogen) atoms. The molecule has 1 atom stereocenters. The number of hydrogen-bond acceptors (Lipinski definition) is 3. The summed E-state index contributed by atoms with van der Waals surface area (Å²) in [5.74, 6) is 0. The molecule has 2 rings (SSSR count). The van der Waals surface area contributed by atoms with Crippen molar-refractivity contribution in [2.75, 3.05) is 26.2 Å². The summed E-state index contributed by atoms with van der Waals surface area (Å²) < 4.78 is 0. The molecule has 0 bridgehead atoms. The van der Waals surface area contributed by atoms with E-state index >= 15 is 0 Å². The second-order valence-corrected chi connectivity index (χ2v) is 7.82. The summed E-state index contributed by atoms with van der Waals surface area (Å²) >= 11 is 0. The van der Waals surface area contributed by atoms with Gasteiger partial charge >= 0.3 is 0 Å². The second kappa shape index (κ2) is 7.43. The lowest BCUT2D eigenvalue weighted by atomic mass is 9.78. The standard InChI is InChI=1S/C18H36N2O/c1-4-17(3)10-13-20(14-11-17)12-6-9-18(5-2,15-21)19-16-7-8-16/h16,19,21H,4-15H2,1-3H3. The minimum absolute atomic E-state index is 0.0190. The molecule has 2 N–H and O–H groups in total. The van der Waals surface area contributed by atoms with Gasteiger partial charge in [0.05, 0.1) is 6.61 Å². The average Bonchev–Trinajstić information content (AvgIpc) is 3.32. The highest BCUT2D eigenvalue weighted by Gasteiger charge is 2.34. The van der Waals surface area contributed by atoms with Gasteiger partial charge in [-0.05, 0) is 70.0 Å². The largest absolute Gasteiger partial charge is 0.394 e. The quantitative estimate of drug-likeness (QED) is 0.686. The summed E-state index contributed by atoms with van der Waals surface area (Å²) in [5, 5.41) is 13.5. The molecule has 124 valence electrons. The number of aliphatic hydroxyl groups excluding tert-OH is 1. The van der Waals surface area contributed by atoms with Crippen molar-refractivity contribution in [3.8, 4) is 0 Å². The first-order valence-corrected chi connectivity index (χ1v) is 9.16. The van der Waals surface area contributed by atoms with E-state index in [2.05, 4.69) is 31.0 Å². The molecular formula is C18H36N2O. The lowest BCUT2D eigenvalue weighted by Crippen LogP contribution is -2.49. The van der Waals surface area contributed by atoms with E-state index in [1.165, 1.54) is 58.2 Å². The fourth-order valence-electron chi connectivity index (χ4n) is 3.56. The van der Waals surface area contributed by atoms with Crippen molar-refractivity contribution in [3.63, 3.8) is 0 Å². The molecule has 0 aromatic rings. The van der Waals surface area contributed by atoms with Gasteiger partial charge in [0.25, 0.3) is 0 Å². The first-order valence-electron chi connectivity index (χ1n) is 9.16. The number of aliphatic hydroxyl groups is 1. The van der Waals surface area contributed by atoms with Crippen molar-refractivity contribution in [3.05, 3.63) is 0 Å². The number of piperidine rings is 1. The monoisotopic (exact) mass is 296 g/mol. The van der Waals surface area contributed by atoms with Crippen LogP contribution in [0.1, 0.15) is 72.1 Å². The molecule has 2 aliphatic rings. The van der Waals surface area contributed by atoms with E-state index in [0.29, 0.717) is 11.5 Å². The van der Waals surface area contributed by atoms with Crippen LogP contribution in [0.4, 0.5) is 0 Å². The van der Waals surface area contributed by atoms with Crippen LogP contribution < -0.4 is 5.32 Å². The molecule has 3 heteroatoms. The third-order valence-corrected chi connectivity index (χ3v) is 6.11. The van der Waals surface area contributed by atoms with Gasteiger partial charge in [-0.15, -0.1) is 0 Å². The maximum Gasteiger partial charge on any atom is 0.0613 e. The summed E-state index contributed by atoms with van der Waals surface area (Å²) in [5.41, 5.74) is 0.567. The molecule has 0 amide bonds. The van der Waals surface area contributed by atoms with Crippen molar-refractivity contribution in [1.29, 1.82) is 0 Å². The number of nitrogens with one attached hydrogen (secondary N) is 1. The molecule has 2 fully saturated rings. The molecule has 1 aliphatic carbocycles. The molecule has 1 aliphatic heterocycles. The lowest BCUT2D eigenvalue weighted by molar-refractivity contribution is 0.102. The zero-order chi connectivity index (χ0) is 15.3. The van der Waals surface area contributed by atoms with Crippen molar-refractivity contribution < 1.29 is 5.11 Å². The topological polar surface area (TPSA) is 35.5 Å². The van der Waals surface area contributed by atoms with E-state index in [1.54, 1.807) is 0 Å². The van der Waals surface area contributed by atoms with Crippen LogP contribution in [-0.2, 0) is 0 Å². The van der Waals surface area contributed by atoms with E-state index in [0.717, 1.165) is 12.8 Å². The van der Waals surface area contributed by atoms with Crippen LogP contribution in [0.15, 0.2) is 0 Å². The Kier molecular flexibility index (Phi) is 6.10. The molecule has 1 heterocycles. The smallest absolute Gasteiger partial charge is 0.0613 e. The predicted molar refractivity (Wildman–Crippen MR) is 89.6 cm³/mol. The summed E-state index contributed by atoms with van der Waals surface area (Å²) in [7, 11) is 0. The molecule has 0 aromatic carbocycles. The van der Waals surface area contributed by atoms with Gasteiger partial charge in [-0.25, -0.2) is 0 Å².